The number of hydrogen-bond donors (Lipinski definition) is 3. The first kappa shape index (κ1) is 24.3. The van der Waals surface area contributed by atoms with Crippen molar-refractivity contribution >= 4 is 28.5 Å². The molecule has 0 radical (unpaired) electrons. The lowest BCUT2D eigenvalue weighted by atomic mass is 9.84. The highest BCUT2D eigenvalue weighted by Gasteiger charge is 2.37. The van der Waals surface area contributed by atoms with Crippen molar-refractivity contribution in [1.29, 1.82) is 0 Å². The first-order valence-electron chi connectivity index (χ1n) is 11.7. The van der Waals surface area contributed by atoms with Crippen LogP contribution in [-0.4, -0.2) is 63.7 Å². The molecule has 2 saturated heterocycles. The second kappa shape index (κ2) is 9.55. The minimum absolute atomic E-state index is 0.0112. The molecule has 10 heteroatoms. The van der Waals surface area contributed by atoms with E-state index in [9.17, 15) is 10.2 Å². The van der Waals surface area contributed by atoms with E-state index < -0.39 is 17.5 Å². The SMILES string of the molecule is CC(C)c1c([C@]2(O)CCOC2)cnc2c(F)cc(-c3nc(N[C@@H]4CCOC[C@@H]4O)ncc3Cl)cc12. The lowest BCUT2D eigenvalue weighted by Crippen LogP contribution is -2.42. The van der Waals surface area contributed by atoms with Crippen molar-refractivity contribution in [3.63, 3.8) is 0 Å². The summed E-state index contributed by atoms with van der Waals surface area (Å²) >= 11 is 6.45. The van der Waals surface area contributed by atoms with Gasteiger partial charge in [-0.3, -0.25) is 4.98 Å². The molecule has 0 unspecified atom stereocenters. The van der Waals surface area contributed by atoms with E-state index in [4.69, 9.17) is 21.1 Å². The Hall–Kier alpha value is -2.43. The zero-order valence-electron chi connectivity index (χ0n) is 19.6. The third kappa shape index (κ3) is 4.59. The second-order valence-corrected chi connectivity index (χ2v) is 9.91. The number of anilines is 1. The Labute approximate surface area is 207 Å². The first-order valence-corrected chi connectivity index (χ1v) is 12.1. The van der Waals surface area contributed by atoms with Gasteiger partial charge in [0.2, 0.25) is 5.95 Å². The molecule has 2 aliphatic heterocycles. The van der Waals surface area contributed by atoms with Crippen LogP contribution in [-0.2, 0) is 15.1 Å². The Kier molecular flexibility index (Phi) is 6.63. The summed E-state index contributed by atoms with van der Waals surface area (Å²) in [5.41, 5.74) is 1.35. The largest absolute Gasteiger partial charge is 0.389 e. The molecule has 0 aliphatic carbocycles. The number of halogens is 2. The molecule has 2 aliphatic rings. The fourth-order valence-corrected chi connectivity index (χ4v) is 5.07. The van der Waals surface area contributed by atoms with Crippen molar-refractivity contribution in [2.24, 2.45) is 0 Å². The third-order valence-electron chi connectivity index (χ3n) is 6.70. The van der Waals surface area contributed by atoms with Gasteiger partial charge in [-0.05, 0) is 30.0 Å². The summed E-state index contributed by atoms with van der Waals surface area (Å²) in [6.07, 6.45) is 3.39. The topological polar surface area (TPSA) is 110 Å². The highest BCUT2D eigenvalue weighted by molar-refractivity contribution is 6.33. The molecule has 4 heterocycles. The number of aliphatic hydroxyl groups is 2. The van der Waals surface area contributed by atoms with Crippen LogP contribution in [0.3, 0.4) is 0 Å². The van der Waals surface area contributed by atoms with E-state index in [1.54, 1.807) is 6.20 Å². The smallest absolute Gasteiger partial charge is 0.223 e. The maximum absolute atomic E-state index is 15.3. The minimum atomic E-state index is -1.17. The fraction of sp³-hybridized carbons (Fsp3) is 0.480. The van der Waals surface area contributed by atoms with Crippen LogP contribution < -0.4 is 5.32 Å². The molecule has 0 bridgehead atoms. The highest BCUT2D eigenvalue weighted by atomic mass is 35.5. The molecule has 2 aromatic heterocycles. The van der Waals surface area contributed by atoms with E-state index in [0.29, 0.717) is 48.3 Å². The maximum Gasteiger partial charge on any atom is 0.223 e. The molecule has 186 valence electrons. The van der Waals surface area contributed by atoms with Crippen molar-refractivity contribution in [3.05, 3.63) is 46.5 Å². The summed E-state index contributed by atoms with van der Waals surface area (Å²) in [6.45, 7) is 5.39. The van der Waals surface area contributed by atoms with Gasteiger partial charge in [0.25, 0.3) is 0 Å². The fourth-order valence-electron chi connectivity index (χ4n) is 4.87. The van der Waals surface area contributed by atoms with Gasteiger partial charge < -0.3 is 25.0 Å². The van der Waals surface area contributed by atoms with Crippen molar-refractivity contribution in [3.8, 4) is 11.3 Å². The van der Waals surface area contributed by atoms with Gasteiger partial charge in [0.1, 0.15) is 16.9 Å². The van der Waals surface area contributed by atoms with Crippen LogP contribution in [0.25, 0.3) is 22.2 Å². The number of nitrogens with zero attached hydrogens (tertiary/aromatic N) is 3. The van der Waals surface area contributed by atoms with Gasteiger partial charge in [-0.25, -0.2) is 14.4 Å². The van der Waals surface area contributed by atoms with Gasteiger partial charge in [-0.2, -0.15) is 0 Å². The summed E-state index contributed by atoms with van der Waals surface area (Å²) < 4.78 is 26.1. The number of ether oxygens (including phenoxy) is 2. The average Bonchev–Trinajstić information content (AvgIpc) is 3.28. The van der Waals surface area contributed by atoms with Crippen LogP contribution in [0.1, 0.15) is 43.7 Å². The number of hydrogen-bond acceptors (Lipinski definition) is 8. The lowest BCUT2D eigenvalue weighted by Gasteiger charge is -2.28. The van der Waals surface area contributed by atoms with Crippen molar-refractivity contribution in [2.45, 2.75) is 50.4 Å². The molecule has 5 rings (SSSR count). The molecular weight excluding hydrogens is 475 g/mol. The van der Waals surface area contributed by atoms with Gasteiger partial charge in [0.05, 0.1) is 42.3 Å². The molecule has 0 spiro atoms. The van der Waals surface area contributed by atoms with Crippen LogP contribution in [0.4, 0.5) is 10.3 Å². The predicted molar refractivity (Wildman–Crippen MR) is 130 cm³/mol. The molecule has 3 aromatic rings. The number of nitrogens with one attached hydrogen (secondary N) is 1. The third-order valence-corrected chi connectivity index (χ3v) is 6.98. The van der Waals surface area contributed by atoms with E-state index in [0.717, 1.165) is 5.56 Å². The Morgan fingerprint density at radius 3 is 2.74 bits per heavy atom. The zero-order chi connectivity index (χ0) is 24.7. The number of pyridine rings is 1. The molecule has 8 nitrogen and oxygen atoms in total. The van der Waals surface area contributed by atoms with Gasteiger partial charge in [-0.15, -0.1) is 0 Å². The molecule has 3 N–H and O–H groups in total. The Morgan fingerprint density at radius 1 is 1.20 bits per heavy atom. The number of fused-ring (bicyclic) bond motifs is 1. The molecule has 0 saturated carbocycles. The normalized spacial score (nSPS) is 24.9. The predicted octanol–water partition coefficient (Wildman–Crippen LogP) is 3.78. The minimum Gasteiger partial charge on any atom is -0.389 e. The van der Waals surface area contributed by atoms with Crippen LogP contribution >= 0.6 is 11.6 Å². The number of rotatable bonds is 5. The highest BCUT2D eigenvalue weighted by Crippen LogP contribution is 2.40. The van der Waals surface area contributed by atoms with Crippen molar-refractivity contribution in [1.82, 2.24) is 15.0 Å². The second-order valence-electron chi connectivity index (χ2n) is 9.50. The standard InChI is InChI=1S/C25H28ClFN4O4/c1-13(2)21-15-7-14(8-18(27)23(15)28-9-16(21)25(33)4-6-35-12-25)22-17(26)10-29-24(31-22)30-19-3-5-34-11-20(19)32/h7-10,13,19-20,32-33H,3-6,11-12H2,1-2H3,(H,29,30,31)/t19-,20+,25+/m1/s1. The molecule has 3 atom stereocenters. The maximum atomic E-state index is 15.3. The van der Waals surface area contributed by atoms with Crippen LogP contribution in [0.2, 0.25) is 5.02 Å². The first-order chi connectivity index (χ1) is 16.8. The zero-order valence-corrected chi connectivity index (χ0v) is 20.3. The van der Waals surface area contributed by atoms with Gasteiger partial charge in [-0.1, -0.05) is 25.4 Å². The summed E-state index contributed by atoms with van der Waals surface area (Å²) in [5, 5.41) is 25.4. The van der Waals surface area contributed by atoms with Gasteiger partial charge in [0.15, 0.2) is 0 Å². The van der Waals surface area contributed by atoms with Gasteiger partial charge in [0, 0.05) is 42.3 Å². The van der Waals surface area contributed by atoms with Crippen molar-refractivity contribution in [2.75, 3.05) is 31.7 Å². The average molecular weight is 503 g/mol. The molecule has 0 amide bonds. The van der Waals surface area contributed by atoms with E-state index in [2.05, 4.69) is 20.3 Å². The summed E-state index contributed by atoms with van der Waals surface area (Å²) in [5.74, 6) is -0.239. The summed E-state index contributed by atoms with van der Waals surface area (Å²) in [7, 11) is 0. The molecular formula is C25H28ClFN4O4. The monoisotopic (exact) mass is 502 g/mol. The molecule has 2 fully saturated rings. The molecule has 35 heavy (non-hydrogen) atoms. The Bertz CT molecular complexity index is 1250. The van der Waals surface area contributed by atoms with E-state index in [1.807, 2.05) is 19.9 Å². The van der Waals surface area contributed by atoms with E-state index >= 15 is 4.39 Å². The quantitative estimate of drug-likeness (QED) is 0.483. The van der Waals surface area contributed by atoms with Crippen LogP contribution in [0.15, 0.2) is 24.5 Å². The number of benzene rings is 1. The Balaban J connectivity index is 1.61. The van der Waals surface area contributed by atoms with Crippen molar-refractivity contribution < 1.29 is 24.1 Å². The Morgan fingerprint density at radius 2 is 2.03 bits per heavy atom. The van der Waals surface area contributed by atoms with Gasteiger partial charge >= 0.3 is 0 Å². The number of aromatic nitrogens is 3. The molecule has 1 aromatic carbocycles. The van der Waals surface area contributed by atoms with E-state index in [1.165, 1.54) is 12.3 Å². The van der Waals surface area contributed by atoms with Crippen LogP contribution in [0.5, 0.6) is 0 Å². The van der Waals surface area contributed by atoms with Crippen LogP contribution in [0, 0.1) is 5.82 Å². The van der Waals surface area contributed by atoms with E-state index in [-0.39, 0.29) is 41.7 Å². The lowest BCUT2D eigenvalue weighted by molar-refractivity contribution is -0.0136. The summed E-state index contributed by atoms with van der Waals surface area (Å²) in [6, 6.07) is 2.90. The summed E-state index contributed by atoms with van der Waals surface area (Å²) in [4.78, 5) is 13.2. The number of aliphatic hydroxyl groups excluding tert-OH is 1.